The van der Waals surface area contributed by atoms with Crippen molar-refractivity contribution in [2.24, 2.45) is 5.92 Å². The molecule has 0 aromatic heterocycles. The van der Waals surface area contributed by atoms with E-state index in [2.05, 4.69) is 0 Å². The Hall–Kier alpha value is -2.05. The molecule has 0 saturated carbocycles. The van der Waals surface area contributed by atoms with E-state index in [1.54, 1.807) is 0 Å². The first-order valence-electron chi connectivity index (χ1n) is 7.88. The van der Waals surface area contributed by atoms with E-state index in [0.29, 0.717) is 0 Å². The van der Waals surface area contributed by atoms with E-state index in [1.807, 2.05) is 43.4 Å². The van der Waals surface area contributed by atoms with Crippen LogP contribution in [0.5, 0.6) is 0 Å². The van der Waals surface area contributed by atoms with Crippen LogP contribution in [0.15, 0.2) is 24.3 Å². The summed E-state index contributed by atoms with van der Waals surface area (Å²) in [5.41, 5.74) is 1.81. The number of amides is 2. The second-order valence-electron chi connectivity index (χ2n) is 6.44. The van der Waals surface area contributed by atoms with Gasteiger partial charge in [0.15, 0.2) is 0 Å². The lowest BCUT2D eigenvalue weighted by Crippen LogP contribution is -2.53. The van der Waals surface area contributed by atoms with Crippen LogP contribution < -0.4 is 5.32 Å². The molecule has 0 unspecified atom stereocenters. The van der Waals surface area contributed by atoms with Gasteiger partial charge in [-0.05, 0) is 17.0 Å². The van der Waals surface area contributed by atoms with Gasteiger partial charge in [0.25, 0.3) is 0 Å². The van der Waals surface area contributed by atoms with Crippen LogP contribution in [0.3, 0.4) is 0 Å². The molecule has 1 aromatic rings. The van der Waals surface area contributed by atoms with Crippen molar-refractivity contribution >= 4 is 11.8 Å². The number of nitrogens with zero attached hydrogens (tertiary/aromatic N) is 1. The van der Waals surface area contributed by atoms with E-state index < -0.39 is 24.7 Å². The third kappa shape index (κ3) is 4.72. The van der Waals surface area contributed by atoms with E-state index in [1.165, 1.54) is 4.90 Å². The molecule has 1 N–H and O–H groups in total. The molecule has 4 nitrogen and oxygen atoms in total. The summed E-state index contributed by atoms with van der Waals surface area (Å²) in [7, 11) is 0. The molecule has 0 fully saturated rings. The Balaban J connectivity index is 2.20. The van der Waals surface area contributed by atoms with Gasteiger partial charge in [-0.15, -0.1) is 0 Å². The third-order valence-corrected chi connectivity index (χ3v) is 3.92. The van der Waals surface area contributed by atoms with Crippen molar-refractivity contribution in [2.75, 3.05) is 6.54 Å². The van der Waals surface area contributed by atoms with Gasteiger partial charge in [-0.1, -0.05) is 38.1 Å². The summed E-state index contributed by atoms with van der Waals surface area (Å²) in [5.74, 6) is -0.876. The molecule has 0 spiro atoms. The standard InChI is InChI=1S/C17H21F3N2O2/c1-11(2)7-15(23)22-9-13-6-4-3-5-12(13)8-14(22)16(24)21-10-17(18,19)20/h3-6,11,14H,7-10H2,1-2H3,(H,21,24)/t14-/m0/s1. The van der Waals surface area contributed by atoms with Crippen molar-refractivity contribution in [1.29, 1.82) is 0 Å². The summed E-state index contributed by atoms with van der Waals surface area (Å²) in [6, 6.07) is 6.45. The van der Waals surface area contributed by atoms with Gasteiger partial charge < -0.3 is 10.2 Å². The molecule has 0 aliphatic carbocycles. The molecular weight excluding hydrogens is 321 g/mol. The van der Waals surface area contributed by atoms with Crippen molar-refractivity contribution in [3.8, 4) is 0 Å². The van der Waals surface area contributed by atoms with E-state index in [0.717, 1.165) is 11.1 Å². The lowest BCUT2D eigenvalue weighted by atomic mass is 9.92. The van der Waals surface area contributed by atoms with Crippen LogP contribution in [-0.2, 0) is 22.6 Å². The Morgan fingerprint density at radius 1 is 1.25 bits per heavy atom. The second-order valence-corrected chi connectivity index (χ2v) is 6.44. The zero-order valence-electron chi connectivity index (χ0n) is 13.7. The number of hydrogen-bond donors (Lipinski definition) is 1. The van der Waals surface area contributed by atoms with Gasteiger partial charge in [-0.2, -0.15) is 13.2 Å². The highest BCUT2D eigenvalue weighted by molar-refractivity contribution is 5.88. The van der Waals surface area contributed by atoms with Gasteiger partial charge in [-0.3, -0.25) is 9.59 Å². The van der Waals surface area contributed by atoms with E-state index >= 15 is 0 Å². The Morgan fingerprint density at radius 3 is 2.46 bits per heavy atom. The summed E-state index contributed by atoms with van der Waals surface area (Å²) in [5, 5.41) is 1.90. The molecule has 2 amide bonds. The van der Waals surface area contributed by atoms with Crippen LogP contribution >= 0.6 is 0 Å². The van der Waals surface area contributed by atoms with Gasteiger partial charge in [0.2, 0.25) is 11.8 Å². The number of carbonyl (C=O) groups is 2. The SMILES string of the molecule is CC(C)CC(=O)N1Cc2ccccc2C[C@H]1C(=O)NCC(F)(F)F. The molecule has 24 heavy (non-hydrogen) atoms. The van der Waals surface area contributed by atoms with Crippen molar-refractivity contribution < 1.29 is 22.8 Å². The fourth-order valence-corrected chi connectivity index (χ4v) is 2.79. The first kappa shape index (κ1) is 18.3. The normalized spacial score (nSPS) is 17.6. The van der Waals surface area contributed by atoms with Crippen LogP contribution in [-0.4, -0.2) is 35.5 Å². The molecule has 1 heterocycles. The van der Waals surface area contributed by atoms with Crippen molar-refractivity contribution in [3.05, 3.63) is 35.4 Å². The first-order valence-corrected chi connectivity index (χ1v) is 7.88. The number of halogens is 3. The molecule has 2 rings (SSSR count). The Kier molecular flexibility index (Phi) is 5.51. The smallest absolute Gasteiger partial charge is 0.345 e. The van der Waals surface area contributed by atoms with Gasteiger partial charge >= 0.3 is 6.18 Å². The average Bonchev–Trinajstić information content (AvgIpc) is 2.50. The number of carbonyl (C=O) groups excluding carboxylic acids is 2. The Bertz CT molecular complexity index is 614. The molecule has 1 aliphatic heterocycles. The zero-order chi connectivity index (χ0) is 17.9. The van der Waals surface area contributed by atoms with E-state index in [9.17, 15) is 22.8 Å². The minimum absolute atomic E-state index is 0.105. The Morgan fingerprint density at radius 2 is 1.88 bits per heavy atom. The molecular formula is C17H21F3N2O2. The fourth-order valence-electron chi connectivity index (χ4n) is 2.79. The predicted octanol–water partition coefficient (Wildman–Crippen LogP) is 2.66. The molecule has 0 radical (unpaired) electrons. The lowest BCUT2D eigenvalue weighted by molar-refractivity contribution is -0.147. The topological polar surface area (TPSA) is 49.4 Å². The minimum atomic E-state index is -4.48. The van der Waals surface area contributed by atoms with Gasteiger partial charge in [0.05, 0.1) is 0 Å². The maximum Gasteiger partial charge on any atom is 0.405 e. The quantitative estimate of drug-likeness (QED) is 0.915. The highest BCUT2D eigenvalue weighted by Crippen LogP contribution is 2.25. The molecule has 0 bridgehead atoms. The lowest BCUT2D eigenvalue weighted by Gasteiger charge is -2.36. The molecule has 1 atom stereocenters. The summed E-state index contributed by atoms with van der Waals surface area (Å²) in [6.07, 6.45) is -4.00. The molecule has 0 saturated heterocycles. The van der Waals surface area contributed by atoms with Crippen LogP contribution in [0.4, 0.5) is 13.2 Å². The number of hydrogen-bond acceptors (Lipinski definition) is 2. The molecule has 1 aliphatic rings. The highest BCUT2D eigenvalue weighted by Gasteiger charge is 2.36. The van der Waals surface area contributed by atoms with Gasteiger partial charge in [0.1, 0.15) is 12.6 Å². The van der Waals surface area contributed by atoms with E-state index in [-0.39, 0.29) is 31.2 Å². The van der Waals surface area contributed by atoms with E-state index in [4.69, 9.17) is 0 Å². The van der Waals surface area contributed by atoms with Crippen LogP contribution in [0.1, 0.15) is 31.4 Å². The maximum absolute atomic E-state index is 12.5. The summed E-state index contributed by atoms with van der Waals surface area (Å²) >= 11 is 0. The van der Waals surface area contributed by atoms with Crippen molar-refractivity contribution in [3.63, 3.8) is 0 Å². The second kappa shape index (κ2) is 7.23. The van der Waals surface area contributed by atoms with Crippen LogP contribution in [0.25, 0.3) is 0 Å². The fraction of sp³-hybridized carbons (Fsp3) is 0.529. The maximum atomic E-state index is 12.5. The van der Waals surface area contributed by atoms with Crippen molar-refractivity contribution in [2.45, 2.75) is 45.5 Å². The van der Waals surface area contributed by atoms with Crippen LogP contribution in [0, 0.1) is 5.92 Å². The monoisotopic (exact) mass is 342 g/mol. The number of nitrogens with one attached hydrogen (secondary N) is 1. The number of alkyl halides is 3. The Labute approximate surface area is 139 Å². The largest absolute Gasteiger partial charge is 0.405 e. The molecule has 1 aromatic carbocycles. The summed E-state index contributed by atoms with van der Waals surface area (Å²) in [4.78, 5) is 26.1. The minimum Gasteiger partial charge on any atom is -0.345 e. The number of fused-ring (bicyclic) bond motifs is 1. The predicted molar refractivity (Wildman–Crippen MR) is 83.0 cm³/mol. The number of benzene rings is 1. The highest BCUT2D eigenvalue weighted by atomic mass is 19.4. The molecule has 7 heteroatoms. The first-order chi connectivity index (χ1) is 11.2. The van der Waals surface area contributed by atoms with Crippen LogP contribution in [0.2, 0.25) is 0 Å². The summed E-state index contributed by atoms with van der Waals surface area (Å²) < 4.78 is 37.1. The van der Waals surface area contributed by atoms with Gasteiger partial charge in [0, 0.05) is 19.4 Å². The third-order valence-electron chi connectivity index (χ3n) is 3.92. The molecule has 132 valence electrons. The van der Waals surface area contributed by atoms with Gasteiger partial charge in [-0.25, -0.2) is 0 Å². The zero-order valence-corrected chi connectivity index (χ0v) is 13.7. The summed E-state index contributed by atoms with van der Waals surface area (Å²) in [6.45, 7) is 2.62. The van der Waals surface area contributed by atoms with Crippen molar-refractivity contribution in [1.82, 2.24) is 10.2 Å². The average molecular weight is 342 g/mol. The number of rotatable bonds is 4.